The van der Waals surface area contributed by atoms with Gasteiger partial charge in [0.15, 0.2) is 0 Å². The molecule has 0 aliphatic heterocycles. The Morgan fingerprint density at radius 1 is 1.33 bits per heavy atom. The van der Waals surface area contributed by atoms with Crippen molar-refractivity contribution in [2.24, 2.45) is 5.10 Å². The Bertz CT molecular complexity index is 576. The van der Waals surface area contributed by atoms with Crippen molar-refractivity contribution < 1.29 is 9.53 Å². The molecular weight excluding hydrogens is 268 g/mol. The van der Waals surface area contributed by atoms with Crippen LogP contribution in [0, 0.1) is 0 Å². The van der Waals surface area contributed by atoms with Crippen molar-refractivity contribution in [2.75, 3.05) is 18.5 Å². The molecule has 1 aromatic carbocycles. The molecule has 0 spiro atoms. The zero-order chi connectivity index (χ0) is 14.9. The minimum atomic E-state index is -0.216. The minimum absolute atomic E-state index is 0.149. The first-order valence-corrected chi connectivity index (χ1v) is 6.70. The Kier molecular flexibility index (Phi) is 5.40. The first-order valence-electron chi connectivity index (χ1n) is 6.70. The standard InChI is InChI=1S/C15H18N4O2/c1-2-21-14-7-5-12(6-8-14)17-11-15(20)19-18-10-13-4-3-9-16-13/h3-10,16-17H,2,11H2,1H3,(H,19,20)/b18-10+. The summed E-state index contributed by atoms with van der Waals surface area (Å²) in [6, 6.07) is 11.1. The summed E-state index contributed by atoms with van der Waals surface area (Å²) in [6.07, 6.45) is 3.34. The number of nitrogens with one attached hydrogen (secondary N) is 3. The van der Waals surface area contributed by atoms with Gasteiger partial charge in [-0.25, -0.2) is 5.43 Å². The first-order chi connectivity index (χ1) is 10.3. The number of aromatic amines is 1. The summed E-state index contributed by atoms with van der Waals surface area (Å²) >= 11 is 0. The predicted octanol–water partition coefficient (Wildman–Crippen LogP) is 1.98. The lowest BCUT2D eigenvalue weighted by molar-refractivity contribution is -0.119. The van der Waals surface area contributed by atoms with Gasteiger partial charge in [0.25, 0.3) is 5.91 Å². The zero-order valence-corrected chi connectivity index (χ0v) is 11.8. The summed E-state index contributed by atoms with van der Waals surface area (Å²) in [5.41, 5.74) is 4.12. The minimum Gasteiger partial charge on any atom is -0.494 e. The molecule has 6 nitrogen and oxygen atoms in total. The van der Waals surface area contributed by atoms with Crippen LogP contribution < -0.4 is 15.5 Å². The van der Waals surface area contributed by atoms with E-state index in [-0.39, 0.29) is 12.5 Å². The molecular formula is C15H18N4O2. The highest BCUT2D eigenvalue weighted by atomic mass is 16.5. The summed E-state index contributed by atoms with van der Waals surface area (Å²) in [5.74, 6) is 0.592. The van der Waals surface area contributed by atoms with Gasteiger partial charge in [-0.05, 0) is 43.3 Å². The monoisotopic (exact) mass is 286 g/mol. The summed E-state index contributed by atoms with van der Waals surface area (Å²) < 4.78 is 5.35. The lowest BCUT2D eigenvalue weighted by atomic mass is 10.3. The molecule has 1 aromatic heterocycles. The normalized spacial score (nSPS) is 10.5. The molecule has 21 heavy (non-hydrogen) atoms. The fourth-order valence-corrected chi connectivity index (χ4v) is 1.66. The van der Waals surface area contributed by atoms with E-state index in [0.717, 1.165) is 17.1 Å². The Morgan fingerprint density at radius 2 is 2.14 bits per heavy atom. The number of nitrogens with zero attached hydrogens (tertiary/aromatic N) is 1. The number of amides is 1. The van der Waals surface area contributed by atoms with Gasteiger partial charge in [0.1, 0.15) is 5.75 Å². The van der Waals surface area contributed by atoms with Gasteiger partial charge in [-0.3, -0.25) is 4.79 Å². The van der Waals surface area contributed by atoms with E-state index in [2.05, 4.69) is 20.8 Å². The number of benzene rings is 1. The van der Waals surface area contributed by atoms with Crippen LogP contribution in [0.2, 0.25) is 0 Å². The van der Waals surface area contributed by atoms with Crippen LogP contribution in [0.3, 0.4) is 0 Å². The molecule has 1 amide bonds. The second-order valence-corrected chi connectivity index (χ2v) is 4.23. The fraction of sp³-hybridized carbons (Fsp3) is 0.200. The molecule has 0 saturated heterocycles. The zero-order valence-electron chi connectivity index (χ0n) is 11.8. The van der Waals surface area contributed by atoms with Crippen LogP contribution in [-0.2, 0) is 4.79 Å². The van der Waals surface area contributed by atoms with Gasteiger partial charge in [-0.2, -0.15) is 5.10 Å². The molecule has 0 unspecified atom stereocenters. The maximum atomic E-state index is 11.6. The van der Waals surface area contributed by atoms with E-state index in [0.29, 0.717) is 6.61 Å². The maximum Gasteiger partial charge on any atom is 0.259 e. The SMILES string of the molecule is CCOc1ccc(NCC(=O)N/N=C/c2ccc[nH]2)cc1. The quantitative estimate of drug-likeness (QED) is 0.538. The lowest BCUT2D eigenvalue weighted by Crippen LogP contribution is -2.25. The second-order valence-electron chi connectivity index (χ2n) is 4.23. The third kappa shape index (κ3) is 5.02. The Labute approximate surface area is 123 Å². The summed E-state index contributed by atoms with van der Waals surface area (Å²) in [6.45, 7) is 2.72. The summed E-state index contributed by atoms with van der Waals surface area (Å²) in [7, 11) is 0. The average Bonchev–Trinajstić information content (AvgIpc) is 3.00. The highest BCUT2D eigenvalue weighted by Gasteiger charge is 2.00. The number of aromatic nitrogens is 1. The Morgan fingerprint density at radius 3 is 2.81 bits per heavy atom. The number of ether oxygens (including phenoxy) is 1. The summed E-state index contributed by atoms with van der Waals surface area (Å²) in [4.78, 5) is 14.5. The topological polar surface area (TPSA) is 78.5 Å². The third-order valence-corrected chi connectivity index (χ3v) is 2.63. The van der Waals surface area contributed by atoms with Gasteiger partial charge in [0.2, 0.25) is 0 Å². The number of carbonyl (C=O) groups excluding carboxylic acids is 1. The van der Waals surface area contributed by atoms with Crippen LogP contribution in [0.1, 0.15) is 12.6 Å². The molecule has 1 heterocycles. The van der Waals surface area contributed by atoms with Crippen molar-refractivity contribution in [2.45, 2.75) is 6.92 Å². The van der Waals surface area contributed by atoms with E-state index in [4.69, 9.17) is 4.74 Å². The maximum absolute atomic E-state index is 11.6. The number of anilines is 1. The van der Waals surface area contributed by atoms with Gasteiger partial charge in [0, 0.05) is 11.9 Å². The van der Waals surface area contributed by atoms with Gasteiger partial charge in [-0.15, -0.1) is 0 Å². The average molecular weight is 286 g/mol. The number of carbonyl (C=O) groups is 1. The Balaban J connectivity index is 1.73. The van der Waals surface area contributed by atoms with E-state index in [1.807, 2.05) is 43.3 Å². The number of rotatable bonds is 7. The molecule has 110 valence electrons. The van der Waals surface area contributed by atoms with Crippen molar-refractivity contribution in [3.05, 3.63) is 48.3 Å². The van der Waals surface area contributed by atoms with Crippen LogP contribution in [-0.4, -0.2) is 30.3 Å². The van der Waals surface area contributed by atoms with Crippen molar-refractivity contribution in [1.82, 2.24) is 10.4 Å². The van der Waals surface area contributed by atoms with Gasteiger partial charge < -0.3 is 15.0 Å². The molecule has 0 radical (unpaired) electrons. The van der Waals surface area contributed by atoms with E-state index >= 15 is 0 Å². The van der Waals surface area contributed by atoms with Crippen molar-refractivity contribution in [1.29, 1.82) is 0 Å². The number of H-pyrrole nitrogens is 1. The molecule has 6 heteroatoms. The summed E-state index contributed by atoms with van der Waals surface area (Å²) in [5, 5.41) is 6.86. The van der Waals surface area contributed by atoms with Crippen LogP contribution in [0.25, 0.3) is 0 Å². The van der Waals surface area contributed by atoms with Gasteiger partial charge >= 0.3 is 0 Å². The highest BCUT2D eigenvalue weighted by molar-refractivity contribution is 5.83. The molecule has 0 aliphatic carbocycles. The highest BCUT2D eigenvalue weighted by Crippen LogP contribution is 2.15. The van der Waals surface area contributed by atoms with Crippen molar-refractivity contribution in [3.8, 4) is 5.75 Å². The second kappa shape index (κ2) is 7.74. The number of hydrogen-bond donors (Lipinski definition) is 3. The first kappa shape index (κ1) is 14.6. The number of hydrogen-bond acceptors (Lipinski definition) is 4. The predicted molar refractivity (Wildman–Crippen MR) is 82.6 cm³/mol. The van der Waals surface area contributed by atoms with Gasteiger partial charge in [0.05, 0.1) is 25.1 Å². The molecule has 2 rings (SSSR count). The van der Waals surface area contributed by atoms with Crippen LogP contribution in [0.4, 0.5) is 5.69 Å². The molecule has 3 N–H and O–H groups in total. The van der Waals surface area contributed by atoms with Crippen LogP contribution in [0.5, 0.6) is 5.75 Å². The largest absolute Gasteiger partial charge is 0.494 e. The molecule has 0 fully saturated rings. The molecule has 0 saturated carbocycles. The van der Waals surface area contributed by atoms with Crippen molar-refractivity contribution >= 4 is 17.8 Å². The van der Waals surface area contributed by atoms with Gasteiger partial charge in [-0.1, -0.05) is 0 Å². The van der Waals surface area contributed by atoms with E-state index in [1.54, 1.807) is 12.4 Å². The van der Waals surface area contributed by atoms with E-state index in [9.17, 15) is 4.79 Å². The van der Waals surface area contributed by atoms with E-state index < -0.39 is 0 Å². The number of hydrazone groups is 1. The Hall–Kier alpha value is -2.76. The third-order valence-electron chi connectivity index (χ3n) is 2.63. The molecule has 2 aromatic rings. The fourth-order valence-electron chi connectivity index (χ4n) is 1.66. The molecule has 0 bridgehead atoms. The molecule has 0 aliphatic rings. The van der Waals surface area contributed by atoms with Crippen molar-refractivity contribution in [3.63, 3.8) is 0 Å². The smallest absolute Gasteiger partial charge is 0.259 e. The van der Waals surface area contributed by atoms with Crippen LogP contribution >= 0.6 is 0 Å². The molecule has 0 atom stereocenters. The lowest BCUT2D eigenvalue weighted by Gasteiger charge is -2.07. The van der Waals surface area contributed by atoms with Crippen LogP contribution in [0.15, 0.2) is 47.7 Å². The van der Waals surface area contributed by atoms with E-state index in [1.165, 1.54) is 0 Å².